The van der Waals surface area contributed by atoms with Gasteiger partial charge in [0.2, 0.25) is 0 Å². The van der Waals surface area contributed by atoms with E-state index in [2.05, 4.69) is 17.6 Å². The first-order valence-corrected chi connectivity index (χ1v) is 6.05. The molecule has 3 nitrogen and oxygen atoms in total. The third-order valence-corrected chi connectivity index (χ3v) is 3.17. The van der Waals surface area contributed by atoms with E-state index in [9.17, 15) is 13.6 Å². The average Bonchev–Trinajstić information content (AvgIpc) is 2.32. The summed E-state index contributed by atoms with van der Waals surface area (Å²) in [7, 11) is 0. The Balaban J connectivity index is 1.99. The predicted molar refractivity (Wildman–Crippen MR) is 64.3 cm³/mol. The number of nitrogens with one attached hydrogen (secondary N) is 2. The van der Waals surface area contributed by atoms with Gasteiger partial charge in [0.15, 0.2) is 0 Å². The lowest BCUT2D eigenvalue weighted by molar-refractivity contribution is 0.0923. The van der Waals surface area contributed by atoms with E-state index in [1.807, 2.05) is 0 Å². The smallest absolute Gasteiger partial charge is 0.254 e. The van der Waals surface area contributed by atoms with Crippen LogP contribution >= 0.6 is 0 Å². The van der Waals surface area contributed by atoms with Crippen LogP contribution in [0, 0.1) is 11.6 Å². The highest BCUT2D eigenvalue weighted by Gasteiger charge is 2.21. The van der Waals surface area contributed by atoms with Gasteiger partial charge in [-0.25, -0.2) is 8.78 Å². The number of carbonyl (C=O) groups excluding carboxylic acids is 1. The molecule has 1 amide bonds. The monoisotopic (exact) mass is 254 g/mol. The van der Waals surface area contributed by atoms with Crippen molar-refractivity contribution in [1.29, 1.82) is 0 Å². The number of halogens is 2. The lowest BCUT2D eigenvalue weighted by atomic mass is 10.0. The number of benzene rings is 1. The fraction of sp³-hybridized carbons (Fsp3) is 0.462. The van der Waals surface area contributed by atoms with Crippen molar-refractivity contribution in [3.8, 4) is 0 Å². The molecule has 2 N–H and O–H groups in total. The standard InChI is InChI=1S/C13H16F2N2O/c1-8-2-4-10(7-16-8)17-13(18)11-5-3-9(14)6-12(11)15/h3,5-6,8,10,16H,2,4,7H2,1H3,(H,17,18). The third-order valence-electron chi connectivity index (χ3n) is 3.17. The van der Waals surface area contributed by atoms with Gasteiger partial charge in [0.1, 0.15) is 11.6 Å². The molecule has 0 spiro atoms. The summed E-state index contributed by atoms with van der Waals surface area (Å²) in [4.78, 5) is 11.8. The van der Waals surface area contributed by atoms with Gasteiger partial charge < -0.3 is 10.6 Å². The minimum Gasteiger partial charge on any atom is -0.348 e. The van der Waals surface area contributed by atoms with Crippen LogP contribution < -0.4 is 10.6 Å². The van der Waals surface area contributed by atoms with Crippen LogP contribution in [-0.4, -0.2) is 24.5 Å². The van der Waals surface area contributed by atoms with Crippen LogP contribution in [0.25, 0.3) is 0 Å². The fourth-order valence-electron chi connectivity index (χ4n) is 2.06. The van der Waals surface area contributed by atoms with Crippen molar-refractivity contribution < 1.29 is 13.6 Å². The summed E-state index contributed by atoms with van der Waals surface area (Å²) in [5, 5.41) is 6.00. The van der Waals surface area contributed by atoms with Gasteiger partial charge in [0, 0.05) is 24.7 Å². The van der Waals surface area contributed by atoms with Crippen molar-refractivity contribution >= 4 is 5.91 Å². The Bertz CT molecular complexity index is 443. The van der Waals surface area contributed by atoms with Crippen LogP contribution in [0.5, 0.6) is 0 Å². The lowest BCUT2D eigenvalue weighted by Gasteiger charge is -2.28. The van der Waals surface area contributed by atoms with E-state index in [0.717, 1.165) is 25.0 Å². The molecule has 98 valence electrons. The Morgan fingerprint density at radius 2 is 2.17 bits per heavy atom. The maximum Gasteiger partial charge on any atom is 0.254 e. The summed E-state index contributed by atoms with van der Waals surface area (Å²) in [5.41, 5.74) is -0.116. The molecule has 5 heteroatoms. The summed E-state index contributed by atoms with van der Waals surface area (Å²) in [5.74, 6) is -2.00. The Hall–Kier alpha value is -1.49. The van der Waals surface area contributed by atoms with Gasteiger partial charge >= 0.3 is 0 Å². The first-order valence-electron chi connectivity index (χ1n) is 6.05. The first-order chi connectivity index (χ1) is 8.56. The molecule has 1 aliphatic rings. The topological polar surface area (TPSA) is 41.1 Å². The molecule has 0 aliphatic carbocycles. The van der Waals surface area contributed by atoms with Gasteiger partial charge in [-0.2, -0.15) is 0 Å². The Morgan fingerprint density at radius 3 is 2.78 bits per heavy atom. The van der Waals surface area contributed by atoms with Crippen molar-refractivity contribution in [2.75, 3.05) is 6.54 Å². The Kier molecular flexibility index (Phi) is 3.91. The molecule has 2 unspecified atom stereocenters. The summed E-state index contributed by atoms with van der Waals surface area (Å²) in [6.45, 7) is 2.76. The Morgan fingerprint density at radius 1 is 1.39 bits per heavy atom. The average molecular weight is 254 g/mol. The van der Waals surface area contributed by atoms with E-state index in [1.165, 1.54) is 6.07 Å². The van der Waals surface area contributed by atoms with Crippen LogP contribution in [0.2, 0.25) is 0 Å². The quantitative estimate of drug-likeness (QED) is 0.845. The second kappa shape index (κ2) is 5.44. The second-order valence-corrected chi connectivity index (χ2v) is 4.68. The normalized spacial score (nSPS) is 23.7. The highest BCUT2D eigenvalue weighted by Crippen LogP contribution is 2.12. The molecule has 2 rings (SSSR count). The molecule has 1 heterocycles. The number of hydrogen-bond donors (Lipinski definition) is 2. The molecule has 1 aromatic carbocycles. The van der Waals surface area contributed by atoms with Crippen molar-refractivity contribution in [1.82, 2.24) is 10.6 Å². The number of rotatable bonds is 2. The van der Waals surface area contributed by atoms with Crippen LogP contribution in [-0.2, 0) is 0 Å². The molecule has 0 saturated carbocycles. The fourth-order valence-corrected chi connectivity index (χ4v) is 2.06. The van der Waals surface area contributed by atoms with Gasteiger partial charge in [-0.05, 0) is 31.9 Å². The summed E-state index contributed by atoms with van der Waals surface area (Å²) < 4.78 is 26.1. The predicted octanol–water partition coefficient (Wildman–Crippen LogP) is 1.84. The van der Waals surface area contributed by atoms with Gasteiger partial charge in [0.05, 0.1) is 5.56 Å². The van der Waals surface area contributed by atoms with Gasteiger partial charge in [-0.1, -0.05) is 0 Å². The molecular weight excluding hydrogens is 238 g/mol. The van der Waals surface area contributed by atoms with Crippen LogP contribution in [0.1, 0.15) is 30.1 Å². The minimum absolute atomic E-state index is 0.00171. The lowest BCUT2D eigenvalue weighted by Crippen LogP contribution is -2.48. The molecular formula is C13H16F2N2O. The second-order valence-electron chi connectivity index (χ2n) is 4.68. The molecule has 1 fully saturated rings. The summed E-state index contributed by atoms with van der Waals surface area (Å²) in [6, 6.07) is 3.41. The summed E-state index contributed by atoms with van der Waals surface area (Å²) >= 11 is 0. The molecule has 2 atom stereocenters. The van der Waals surface area contributed by atoms with E-state index in [-0.39, 0.29) is 11.6 Å². The van der Waals surface area contributed by atoms with E-state index < -0.39 is 17.5 Å². The first kappa shape index (κ1) is 13.0. The molecule has 1 saturated heterocycles. The number of amides is 1. The van der Waals surface area contributed by atoms with Crippen molar-refractivity contribution in [3.63, 3.8) is 0 Å². The Labute approximate surface area is 105 Å². The molecule has 0 bridgehead atoms. The number of hydrogen-bond acceptors (Lipinski definition) is 2. The van der Waals surface area contributed by atoms with Crippen molar-refractivity contribution in [2.45, 2.75) is 31.8 Å². The van der Waals surface area contributed by atoms with E-state index in [0.29, 0.717) is 12.6 Å². The molecule has 1 aliphatic heterocycles. The zero-order valence-corrected chi connectivity index (χ0v) is 10.2. The summed E-state index contributed by atoms with van der Waals surface area (Å²) in [6.07, 6.45) is 1.83. The molecule has 18 heavy (non-hydrogen) atoms. The van der Waals surface area contributed by atoms with E-state index in [1.54, 1.807) is 0 Å². The maximum absolute atomic E-state index is 13.4. The molecule has 0 aromatic heterocycles. The van der Waals surface area contributed by atoms with Gasteiger partial charge in [-0.3, -0.25) is 4.79 Å². The highest BCUT2D eigenvalue weighted by atomic mass is 19.1. The third kappa shape index (κ3) is 3.04. The van der Waals surface area contributed by atoms with Crippen LogP contribution in [0.15, 0.2) is 18.2 Å². The largest absolute Gasteiger partial charge is 0.348 e. The zero-order chi connectivity index (χ0) is 13.1. The number of piperidine rings is 1. The van der Waals surface area contributed by atoms with E-state index >= 15 is 0 Å². The van der Waals surface area contributed by atoms with E-state index in [4.69, 9.17) is 0 Å². The molecule has 1 aromatic rings. The van der Waals surface area contributed by atoms with Crippen LogP contribution in [0.4, 0.5) is 8.78 Å². The number of carbonyl (C=O) groups is 1. The highest BCUT2D eigenvalue weighted by molar-refractivity contribution is 5.94. The van der Waals surface area contributed by atoms with Gasteiger partial charge in [-0.15, -0.1) is 0 Å². The van der Waals surface area contributed by atoms with Crippen molar-refractivity contribution in [3.05, 3.63) is 35.4 Å². The van der Waals surface area contributed by atoms with Crippen LogP contribution in [0.3, 0.4) is 0 Å². The SMILES string of the molecule is CC1CCC(NC(=O)c2ccc(F)cc2F)CN1. The minimum atomic E-state index is -0.829. The van der Waals surface area contributed by atoms with Crippen molar-refractivity contribution in [2.24, 2.45) is 0 Å². The molecule has 0 radical (unpaired) electrons. The maximum atomic E-state index is 13.4. The zero-order valence-electron chi connectivity index (χ0n) is 10.2. The van der Waals surface area contributed by atoms with Gasteiger partial charge in [0.25, 0.3) is 5.91 Å².